The van der Waals surface area contributed by atoms with Crippen molar-refractivity contribution < 1.29 is 13.2 Å². The van der Waals surface area contributed by atoms with Crippen LogP contribution in [0.2, 0.25) is 0 Å². The van der Waals surface area contributed by atoms with Gasteiger partial charge in [0.15, 0.2) is 0 Å². The van der Waals surface area contributed by atoms with E-state index in [-0.39, 0.29) is 24.9 Å². The highest BCUT2D eigenvalue weighted by Gasteiger charge is 2.36. The molecule has 0 radical (unpaired) electrons. The number of sulfonamides is 1. The first kappa shape index (κ1) is 18.4. The van der Waals surface area contributed by atoms with E-state index in [2.05, 4.69) is 33.9 Å². The molecule has 1 aromatic carbocycles. The Morgan fingerprint density at radius 2 is 1.92 bits per heavy atom. The summed E-state index contributed by atoms with van der Waals surface area (Å²) in [4.78, 5) is 17.0. The molecule has 3 aliphatic heterocycles. The van der Waals surface area contributed by atoms with Gasteiger partial charge in [0.2, 0.25) is 15.9 Å². The summed E-state index contributed by atoms with van der Waals surface area (Å²) in [7, 11) is -3.24. The largest absolute Gasteiger partial charge is 0.338 e. The van der Waals surface area contributed by atoms with Gasteiger partial charge in [0.25, 0.3) is 0 Å². The Morgan fingerprint density at radius 1 is 1.16 bits per heavy atom. The smallest absolute Gasteiger partial charge is 0.224 e. The number of nitrogens with zero attached hydrogens (tertiary/aromatic N) is 2. The molecule has 6 nitrogen and oxygen atoms in total. The number of nitrogens with one attached hydrogen (secondary N) is 1. The van der Waals surface area contributed by atoms with Gasteiger partial charge in [0.05, 0.1) is 6.26 Å². The van der Waals surface area contributed by atoms with E-state index in [1.807, 2.05) is 11.0 Å². The van der Waals surface area contributed by atoms with Crippen molar-refractivity contribution in [2.45, 2.75) is 31.8 Å². The number of amides is 1. The minimum absolute atomic E-state index is 0.0624. The van der Waals surface area contributed by atoms with E-state index in [1.165, 1.54) is 12.0 Å². The highest BCUT2D eigenvalue weighted by atomic mass is 32.2. The Hall–Kier alpha value is -1.44. The van der Waals surface area contributed by atoms with Gasteiger partial charge in [0.1, 0.15) is 0 Å². The van der Waals surface area contributed by atoms with Gasteiger partial charge in [-0.2, -0.15) is 0 Å². The topological polar surface area (TPSA) is 69.7 Å². The Morgan fingerprint density at radius 3 is 2.64 bits per heavy atom. The monoisotopic (exact) mass is 365 g/mol. The molecule has 3 saturated heterocycles. The number of carbonyl (C=O) groups excluding carboxylic acids is 1. The van der Waals surface area contributed by atoms with Crippen LogP contribution in [0.3, 0.4) is 0 Å². The fourth-order valence-electron chi connectivity index (χ4n) is 3.94. The van der Waals surface area contributed by atoms with Crippen molar-refractivity contribution in [3.8, 4) is 0 Å². The Bertz CT molecular complexity index is 693. The molecule has 7 heteroatoms. The molecule has 1 amide bonds. The van der Waals surface area contributed by atoms with Crippen LogP contribution in [-0.4, -0.2) is 62.6 Å². The van der Waals surface area contributed by atoms with Crippen LogP contribution in [-0.2, 0) is 21.4 Å². The second kappa shape index (κ2) is 7.85. The average molecular weight is 365 g/mol. The number of benzene rings is 1. The fraction of sp³-hybridized carbons (Fsp3) is 0.611. The predicted octanol–water partition coefficient (Wildman–Crippen LogP) is 1.05. The van der Waals surface area contributed by atoms with E-state index in [0.29, 0.717) is 5.92 Å². The minimum Gasteiger partial charge on any atom is -0.338 e. The molecule has 0 spiro atoms. The van der Waals surface area contributed by atoms with Gasteiger partial charge in [-0.1, -0.05) is 30.3 Å². The van der Waals surface area contributed by atoms with Crippen LogP contribution in [0.5, 0.6) is 0 Å². The second-order valence-electron chi connectivity index (χ2n) is 7.24. The fourth-order valence-corrected chi connectivity index (χ4v) is 4.42. The lowest BCUT2D eigenvalue weighted by Crippen LogP contribution is -2.48. The molecule has 1 N–H and O–H groups in total. The van der Waals surface area contributed by atoms with Crippen molar-refractivity contribution in [2.24, 2.45) is 5.92 Å². The summed E-state index contributed by atoms with van der Waals surface area (Å²) in [6.07, 6.45) is 3.56. The van der Waals surface area contributed by atoms with E-state index in [1.54, 1.807) is 0 Å². The van der Waals surface area contributed by atoms with Crippen molar-refractivity contribution in [3.63, 3.8) is 0 Å². The van der Waals surface area contributed by atoms with Gasteiger partial charge >= 0.3 is 0 Å². The van der Waals surface area contributed by atoms with Crippen molar-refractivity contribution in [3.05, 3.63) is 35.9 Å². The number of hydrogen-bond acceptors (Lipinski definition) is 4. The van der Waals surface area contributed by atoms with Crippen LogP contribution in [0, 0.1) is 5.92 Å². The first-order valence-electron chi connectivity index (χ1n) is 8.91. The zero-order valence-corrected chi connectivity index (χ0v) is 15.5. The normalized spacial score (nSPS) is 24.3. The maximum absolute atomic E-state index is 12.6. The SMILES string of the molecule is CS(=O)(=O)NCCC(=O)N1C[C@@H]2CC[C@H]1CN(Cc1ccccc1)C2. The van der Waals surface area contributed by atoms with Crippen LogP contribution in [0.25, 0.3) is 0 Å². The molecular weight excluding hydrogens is 338 g/mol. The summed E-state index contributed by atoms with van der Waals surface area (Å²) in [6, 6.07) is 10.7. The minimum atomic E-state index is -3.24. The summed E-state index contributed by atoms with van der Waals surface area (Å²) in [5.41, 5.74) is 1.30. The number of piperidine rings is 1. The molecule has 2 bridgehead atoms. The molecule has 25 heavy (non-hydrogen) atoms. The van der Waals surface area contributed by atoms with Crippen molar-refractivity contribution in [2.75, 3.05) is 32.4 Å². The molecule has 0 saturated carbocycles. The number of rotatable bonds is 6. The quantitative estimate of drug-likeness (QED) is 0.818. The zero-order chi connectivity index (χ0) is 17.9. The van der Waals surface area contributed by atoms with Crippen LogP contribution in [0.4, 0.5) is 0 Å². The molecule has 0 aliphatic carbocycles. The maximum atomic E-state index is 12.6. The molecule has 1 aromatic rings. The third kappa shape index (κ3) is 5.26. The van der Waals surface area contributed by atoms with Crippen molar-refractivity contribution in [1.29, 1.82) is 0 Å². The summed E-state index contributed by atoms with van der Waals surface area (Å²) in [5.74, 6) is 0.571. The Kier molecular flexibility index (Phi) is 5.76. The lowest BCUT2D eigenvalue weighted by molar-refractivity contribution is -0.135. The third-order valence-electron chi connectivity index (χ3n) is 5.06. The summed E-state index contributed by atoms with van der Waals surface area (Å²) in [6.45, 7) is 3.83. The van der Waals surface area contributed by atoms with Crippen molar-refractivity contribution >= 4 is 15.9 Å². The number of hydrogen-bond donors (Lipinski definition) is 1. The van der Waals surface area contributed by atoms with E-state index in [0.717, 1.165) is 38.9 Å². The summed E-state index contributed by atoms with van der Waals surface area (Å²) < 4.78 is 24.7. The van der Waals surface area contributed by atoms with Gasteiger partial charge in [-0.25, -0.2) is 13.1 Å². The molecule has 3 heterocycles. The maximum Gasteiger partial charge on any atom is 0.224 e. The van der Waals surface area contributed by atoms with Crippen LogP contribution in [0.15, 0.2) is 30.3 Å². The van der Waals surface area contributed by atoms with Crippen molar-refractivity contribution in [1.82, 2.24) is 14.5 Å². The molecule has 0 unspecified atom stereocenters. The van der Waals surface area contributed by atoms with Crippen LogP contribution < -0.4 is 4.72 Å². The lowest BCUT2D eigenvalue weighted by Gasteiger charge is -2.36. The molecule has 4 rings (SSSR count). The Labute approximate surface area is 150 Å². The first-order valence-corrected chi connectivity index (χ1v) is 10.8. The predicted molar refractivity (Wildman–Crippen MR) is 97.4 cm³/mol. The standard InChI is InChI=1S/C18H27N3O3S/c1-25(23,24)19-10-9-18(22)21-13-16-7-8-17(21)14-20(12-16)11-15-5-3-2-4-6-15/h2-6,16-17,19H,7-14H2,1H3/t16-,17+/m1/s1. The van der Waals surface area contributed by atoms with Crippen LogP contribution >= 0.6 is 0 Å². The van der Waals surface area contributed by atoms with E-state index >= 15 is 0 Å². The number of carbonyl (C=O) groups is 1. The van der Waals surface area contributed by atoms with E-state index < -0.39 is 10.0 Å². The molecule has 0 aromatic heterocycles. The molecule has 2 atom stereocenters. The van der Waals surface area contributed by atoms with Crippen LogP contribution in [0.1, 0.15) is 24.8 Å². The van der Waals surface area contributed by atoms with E-state index in [4.69, 9.17) is 0 Å². The van der Waals surface area contributed by atoms with E-state index in [9.17, 15) is 13.2 Å². The second-order valence-corrected chi connectivity index (χ2v) is 9.07. The highest BCUT2D eigenvalue weighted by Crippen LogP contribution is 2.29. The molecule has 3 aliphatic rings. The summed E-state index contributed by atoms with van der Waals surface area (Å²) >= 11 is 0. The molecule has 138 valence electrons. The zero-order valence-electron chi connectivity index (χ0n) is 14.7. The van der Waals surface area contributed by atoms with Gasteiger partial charge in [-0.15, -0.1) is 0 Å². The highest BCUT2D eigenvalue weighted by molar-refractivity contribution is 7.88. The first-order chi connectivity index (χ1) is 11.9. The molecule has 3 fully saturated rings. The molecular formula is C18H27N3O3S. The van der Waals surface area contributed by atoms with Gasteiger partial charge < -0.3 is 4.90 Å². The van der Waals surface area contributed by atoms with Gasteiger partial charge in [0, 0.05) is 45.2 Å². The van der Waals surface area contributed by atoms with Gasteiger partial charge in [-0.05, 0) is 24.3 Å². The average Bonchev–Trinajstić information content (AvgIpc) is 2.85. The third-order valence-corrected chi connectivity index (χ3v) is 5.79. The lowest BCUT2D eigenvalue weighted by atomic mass is 9.95. The van der Waals surface area contributed by atoms with Gasteiger partial charge in [-0.3, -0.25) is 9.69 Å². The number of fused-ring (bicyclic) bond motifs is 4. The Balaban J connectivity index is 1.58. The summed E-state index contributed by atoms with van der Waals surface area (Å²) in [5, 5.41) is 0.